The molecule has 0 saturated carbocycles. The van der Waals surface area contributed by atoms with Crippen molar-refractivity contribution in [1.82, 2.24) is 4.98 Å². The van der Waals surface area contributed by atoms with E-state index in [1.807, 2.05) is 18.2 Å². The van der Waals surface area contributed by atoms with E-state index in [1.54, 1.807) is 12.4 Å². The largest absolute Gasteiger partial charge is 0.481 e. The number of aromatic nitrogens is 1. The lowest BCUT2D eigenvalue weighted by Crippen LogP contribution is -1.93. The Kier molecular flexibility index (Phi) is 60.5. The maximum absolute atomic E-state index is 10.3. The molecule has 0 radical (unpaired) electrons. The fourth-order valence-electron chi connectivity index (χ4n) is 7.19. The molecule has 0 spiro atoms. The Balaban J connectivity index is -0.000000755. The number of carbonyl (C=O) groups is 3. The number of carboxylic acids is 3. The van der Waals surface area contributed by atoms with Gasteiger partial charge in [0.1, 0.15) is 0 Å². The Morgan fingerprint density at radius 3 is 0.567 bits per heavy atom. The number of nitrogens with zero attached hydrogens (tertiary/aromatic N) is 1. The first-order valence-corrected chi connectivity index (χ1v) is 25.8. The molecule has 1 rings (SSSR count). The summed E-state index contributed by atoms with van der Waals surface area (Å²) in [6.45, 7) is 6.78. The van der Waals surface area contributed by atoms with Crippen molar-refractivity contribution >= 4 is 17.9 Å². The van der Waals surface area contributed by atoms with Crippen molar-refractivity contribution in [2.75, 3.05) is 0 Å². The van der Waals surface area contributed by atoms with Crippen LogP contribution in [0.15, 0.2) is 30.6 Å². The van der Waals surface area contributed by atoms with E-state index in [2.05, 4.69) is 25.8 Å². The summed E-state index contributed by atoms with van der Waals surface area (Å²) < 4.78 is 0. The summed E-state index contributed by atoms with van der Waals surface area (Å²) >= 11 is 0. The summed E-state index contributed by atoms with van der Waals surface area (Å²) in [6, 6.07) is 5.72. The second kappa shape index (κ2) is 58.7. The van der Waals surface area contributed by atoms with E-state index in [9.17, 15) is 14.4 Å². The van der Waals surface area contributed by atoms with Gasteiger partial charge in [0.15, 0.2) is 0 Å². The van der Waals surface area contributed by atoms with Crippen LogP contribution in [0.4, 0.5) is 0 Å². The average Bonchev–Trinajstić information content (AvgIpc) is 3.24. The first-order valence-electron chi connectivity index (χ1n) is 25.8. The fourth-order valence-corrected chi connectivity index (χ4v) is 7.19. The molecule has 0 aliphatic carbocycles. The van der Waals surface area contributed by atoms with Crippen molar-refractivity contribution in [3.63, 3.8) is 0 Å². The molecule has 0 aliphatic rings. The van der Waals surface area contributed by atoms with Crippen LogP contribution in [0.5, 0.6) is 0 Å². The molecule has 0 atom stereocenters. The van der Waals surface area contributed by atoms with Crippen LogP contribution in [0.3, 0.4) is 0 Å². The number of pyridine rings is 1. The van der Waals surface area contributed by atoms with Gasteiger partial charge in [-0.2, -0.15) is 0 Å². The van der Waals surface area contributed by atoms with E-state index in [-0.39, 0.29) is 0 Å². The van der Waals surface area contributed by atoms with Crippen molar-refractivity contribution in [1.29, 1.82) is 0 Å². The number of rotatable bonds is 42. The van der Waals surface area contributed by atoms with Gasteiger partial charge in [0, 0.05) is 31.7 Å². The summed E-state index contributed by atoms with van der Waals surface area (Å²) in [4.78, 5) is 34.7. The van der Waals surface area contributed by atoms with Crippen molar-refractivity contribution < 1.29 is 29.7 Å². The van der Waals surface area contributed by atoms with Gasteiger partial charge in [-0.1, -0.05) is 258 Å². The van der Waals surface area contributed by atoms with Crippen LogP contribution in [0.1, 0.15) is 290 Å². The number of aliphatic carboxylic acids is 3. The van der Waals surface area contributed by atoms with E-state index in [4.69, 9.17) is 15.3 Å². The predicted octanol–water partition coefficient (Wildman–Crippen LogP) is 17.7. The normalized spacial score (nSPS) is 10.4. The van der Waals surface area contributed by atoms with Crippen molar-refractivity contribution in [2.45, 2.75) is 290 Å². The Bertz CT molecular complexity index is 821. The smallest absolute Gasteiger partial charge is 0.303 e. The molecule has 354 valence electrons. The molecule has 0 bridgehead atoms. The van der Waals surface area contributed by atoms with Crippen LogP contribution in [0.2, 0.25) is 0 Å². The minimum Gasteiger partial charge on any atom is -0.481 e. The highest BCUT2D eigenvalue weighted by atomic mass is 16.4. The van der Waals surface area contributed by atoms with E-state index >= 15 is 0 Å². The zero-order valence-corrected chi connectivity index (χ0v) is 40.1. The lowest BCUT2D eigenvalue weighted by molar-refractivity contribution is -0.138. The molecule has 0 amide bonds. The molecule has 0 aromatic carbocycles. The first kappa shape index (κ1) is 61.9. The van der Waals surface area contributed by atoms with Crippen LogP contribution < -0.4 is 0 Å². The third kappa shape index (κ3) is 70.1. The van der Waals surface area contributed by atoms with Gasteiger partial charge in [-0.15, -0.1) is 0 Å². The van der Waals surface area contributed by atoms with Gasteiger partial charge in [-0.3, -0.25) is 19.4 Å². The molecule has 7 heteroatoms. The van der Waals surface area contributed by atoms with Gasteiger partial charge in [0.2, 0.25) is 0 Å². The van der Waals surface area contributed by atoms with Crippen LogP contribution >= 0.6 is 0 Å². The highest BCUT2D eigenvalue weighted by Crippen LogP contribution is 2.15. The lowest BCUT2D eigenvalue weighted by atomic mass is 10.0. The number of hydrogen-bond donors (Lipinski definition) is 3. The molecule has 0 aliphatic heterocycles. The monoisotopic (exact) mass is 848 g/mol. The van der Waals surface area contributed by atoms with Crippen LogP contribution in [0.25, 0.3) is 0 Å². The lowest BCUT2D eigenvalue weighted by Gasteiger charge is -2.02. The summed E-state index contributed by atoms with van der Waals surface area (Å²) in [5.41, 5.74) is 0. The van der Waals surface area contributed by atoms with Gasteiger partial charge >= 0.3 is 17.9 Å². The second-order valence-electron chi connectivity index (χ2n) is 17.2. The van der Waals surface area contributed by atoms with Crippen LogP contribution in [0, 0.1) is 0 Å². The number of unbranched alkanes of at least 4 members (excludes halogenated alkanes) is 36. The first-order chi connectivity index (χ1) is 29.3. The number of carboxylic acid groups (broad SMARTS) is 3. The van der Waals surface area contributed by atoms with Crippen molar-refractivity contribution in [2.24, 2.45) is 0 Å². The molecule has 1 heterocycles. The third-order valence-electron chi connectivity index (χ3n) is 11.0. The van der Waals surface area contributed by atoms with Gasteiger partial charge in [0.25, 0.3) is 0 Å². The molecule has 1 aromatic rings. The average molecular weight is 848 g/mol. The van der Waals surface area contributed by atoms with Crippen molar-refractivity contribution in [3.05, 3.63) is 30.6 Å². The van der Waals surface area contributed by atoms with E-state index in [0.717, 1.165) is 38.5 Å². The summed E-state index contributed by atoms with van der Waals surface area (Å²) in [5.74, 6) is -1.96. The van der Waals surface area contributed by atoms with E-state index < -0.39 is 17.9 Å². The van der Waals surface area contributed by atoms with E-state index in [1.165, 1.54) is 212 Å². The SMILES string of the molecule is CCCCCCCCCCCCCCCC(=O)O.CCCCCCCCCCCCCCCC(=O)O.CCCCCCCCCCCCCCCC(=O)O.c1ccncc1. The van der Waals surface area contributed by atoms with Gasteiger partial charge < -0.3 is 15.3 Å². The van der Waals surface area contributed by atoms with E-state index in [0.29, 0.717) is 19.3 Å². The quantitative estimate of drug-likeness (QED) is 0.0560. The Morgan fingerprint density at radius 1 is 0.283 bits per heavy atom. The second-order valence-corrected chi connectivity index (χ2v) is 17.2. The fraction of sp³-hybridized carbons (Fsp3) is 0.849. The molecule has 7 nitrogen and oxygen atoms in total. The minimum atomic E-state index is -0.655. The highest BCUT2D eigenvalue weighted by molar-refractivity contribution is 5.67. The summed E-state index contributed by atoms with van der Waals surface area (Å²) in [7, 11) is 0. The van der Waals surface area contributed by atoms with Gasteiger partial charge in [-0.25, -0.2) is 0 Å². The zero-order valence-electron chi connectivity index (χ0n) is 40.1. The molecular formula is C53H101NO6. The Morgan fingerprint density at radius 2 is 0.450 bits per heavy atom. The maximum Gasteiger partial charge on any atom is 0.303 e. The molecule has 0 unspecified atom stereocenters. The zero-order chi connectivity index (χ0) is 44.7. The maximum atomic E-state index is 10.3. The molecule has 1 aromatic heterocycles. The van der Waals surface area contributed by atoms with Gasteiger partial charge in [0.05, 0.1) is 0 Å². The summed E-state index contributed by atoms with van der Waals surface area (Å²) in [6.07, 6.45) is 55.3. The highest BCUT2D eigenvalue weighted by Gasteiger charge is 1.99. The molecular weight excluding hydrogens is 747 g/mol. The third-order valence-corrected chi connectivity index (χ3v) is 11.0. The Labute approximate surface area is 372 Å². The minimum absolute atomic E-state index is 0.345. The number of hydrogen-bond acceptors (Lipinski definition) is 4. The Hall–Kier alpha value is -2.44. The van der Waals surface area contributed by atoms with Crippen LogP contribution in [-0.2, 0) is 14.4 Å². The summed E-state index contributed by atoms with van der Waals surface area (Å²) in [5, 5.41) is 25.5. The molecule has 60 heavy (non-hydrogen) atoms. The molecule has 0 saturated heterocycles. The van der Waals surface area contributed by atoms with Crippen molar-refractivity contribution in [3.8, 4) is 0 Å². The molecule has 0 fully saturated rings. The van der Waals surface area contributed by atoms with Gasteiger partial charge in [-0.05, 0) is 31.4 Å². The standard InChI is InChI=1S/3C16H32O2.C5H5N/c3*1-2-3-4-5-6-7-8-9-10-11-12-13-14-15-16(17)18;1-2-4-6-5-3-1/h3*2-15H2,1H3,(H,17,18);1-5H. The van der Waals surface area contributed by atoms with Crippen LogP contribution in [-0.4, -0.2) is 38.2 Å². The predicted molar refractivity (Wildman–Crippen MR) is 258 cm³/mol. The molecule has 3 N–H and O–H groups in total. The topological polar surface area (TPSA) is 125 Å².